The van der Waals surface area contributed by atoms with Gasteiger partial charge in [-0.3, -0.25) is 4.79 Å². The monoisotopic (exact) mass is 371 g/mol. The van der Waals surface area contributed by atoms with Crippen molar-refractivity contribution in [3.05, 3.63) is 22.2 Å². The van der Waals surface area contributed by atoms with Crippen LogP contribution in [0.25, 0.3) is 0 Å². The van der Waals surface area contributed by atoms with E-state index in [0.29, 0.717) is 6.61 Å². The number of carbonyl (C=O) groups is 1. The van der Waals surface area contributed by atoms with Gasteiger partial charge in [0.15, 0.2) is 0 Å². The van der Waals surface area contributed by atoms with E-state index in [1.807, 2.05) is 0 Å². The summed E-state index contributed by atoms with van der Waals surface area (Å²) in [6, 6.07) is 2.27. The van der Waals surface area contributed by atoms with Crippen LogP contribution in [0.3, 0.4) is 0 Å². The molecule has 9 heteroatoms. The van der Waals surface area contributed by atoms with E-state index < -0.39 is 9.05 Å². The van der Waals surface area contributed by atoms with Crippen LogP contribution in [-0.2, 0) is 18.6 Å². The van der Waals surface area contributed by atoms with Crippen molar-refractivity contribution in [2.24, 2.45) is 0 Å². The van der Waals surface area contributed by atoms with Crippen LogP contribution >= 0.6 is 33.9 Å². The largest absolute Gasteiger partial charge is 0.378 e. The third-order valence-corrected chi connectivity index (χ3v) is 4.93. The van der Waals surface area contributed by atoms with Crippen LogP contribution in [0.4, 0.5) is 5.69 Å². The molecule has 0 saturated carbocycles. The Kier molecular flexibility index (Phi) is 5.38. The van der Waals surface area contributed by atoms with Gasteiger partial charge in [-0.2, -0.15) is 0 Å². The molecule has 1 atom stereocenters. The van der Waals surface area contributed by atoms with E-state index in [-0.39, 0.29) is 39.1 Å². The summed E-state index contributed by atoms with van der Waals surface area (Å²) in [4.78, 5) is 11.7. The molecule has 1 N–H and O–H groups in total. The molecule has 1 aromatic carbocycles. The second kappa shape index (κ2) is 6.71. The maximum absolute atomic E-state index is 11.9. The summed E-state index contributed by atoms with van der Waals surface area (Å²) in [6.07, 6.45) is 1.85. The first-order valence-electron chi connectivity index (χ1n) is 6.12. The fourth-order valence-corrected chi connectivity index (χ4v) is 3.51. The molecule has 1 aromatic rings. The van der Waals surface area contributed by atoms with Crippen LogP contribution in [0.1, 0.15) is 19.3 Å². The van der Waals surface area contributed by atoms with Gasteiger partial charge in [0.1, 0.15) is 0 Å². The van der Waals surface area contributed by atoms with E-state index in [1.54, 1.807) is 0 Å². The highest BCUT2D eigenvalue weighted by molar-refractivity contribution is 8.13. The minimum Gasteiger partial charge on any atom is -0.378 e. The molecule has 0 radical (unpaired) electrons. The number of nitrogens with one attached hydrogen (secondary N) is 1. The Hall–Kier alpha value is -0.530. The molecular formula is C12H12Cl3NO4S. The van der Waals surface area contributed by atoms with E-state index in [1.165, 1.54) is 0 Å². The lowest BCUT2D eigenvalue weighted by Gasteiger charge is -2.13. The molecule has 21 heavy (non-hydrogen) atoms. The maximum atomic E-state index is 11.9. The van der Waals surface area contributed by atoms with Gasteiger partial charge >= 0.3 is 0 Å². The maximum Gasteiger partial charge on any atom is 0.261 e. The van der Waals surface area contributed by atoms with Crippen molar-refractivity contribution < 1.29 is 17.9 Å². The van der Waals surface area contributed by atoms with Crippen LogP contribution in [0, 0.1) is 0 Å². The van der Waals surface area contributed by atoms with Crippen LogP contribution in [0.2, 0.25) is 10.0 Å². The van der Waals surface area contributed by atoms with Gasteiger partial charge in [0.05, 0.1) is 33.2 Å². The lowest BCUT2D eigenvalue weighted by atomic mass is 10.2. The normalized spacial score (nSPS) is 18.7. The zero-order valence-electron chi connectivity index (χ0n) is 10.7. The second-order valence-corrected chi connectivity index (χ2v) is 7.97. The Morgan fingerprint density at radius 3 is 2.43 bits per heavy atom. The van der Waals surface area contributed by atoms with Gasteiger partial charge < -0.3 is 10.1 Å². The molecule has 0 bridgehead atoms. The Morgan fingerprint density at radius 1 is 1.33 bits per heavy atom. The lowest BCUT2D eigenvalue weighted by Crippen LogP contribution is -2.19. The quantitative estimate of drug-likeness (QED) is 0.822. The standard InChI is InChI=1S/C12H12Cl3NO4S/c13-9-5-8(21(15,18)19)6-10(14)12(9)16-11(17)4-7-2-1-3-20-7/h5-7H,1-4H2,(H,16,17). The van der Waals surface area contributed by atoms with Gasteiger partial charge in [-0.05, 0) is 25.0 Å². The fraction of sp³-hybridized carbons (Fsp3) is 0.417. The second-order valence-electron chi connectivity index (χ2n) is 4.59. The average molecular weight is 373 g/mol. The number of hydrogen-bond donors (Lipinski definition) is 1. The summed E-state index contributed by atoms with van der Waals surface area (Å²) >= 11 is 11.9. The highest BCUT2D eigenvalue weighted by atomic mass is 35.7. The number of amides is 1. The molecular weight excluding hydrogens is 361 g/mol. The zero-order chi connectivity index (χ0) is 15.6. The number of hydrogen-bond acceptors (Lipinski definition) is 4. The molecule has 0 aromatic heterocycles. The van der Waals surface area contributed by atoms with Gasteiger partial charge in [0.2, 0.25) is 5.91 Å². The van der Waals surface area contributed by atoms with E-state index >= 15 is 0 Å². The van der Waals surface area contributed by atoms with Crippen molar-refractivity contribution in [2.45, 2.75) is 30.3 Å². The third kappa shape index (κ3) is 4.47. The lowest BCUT2D eigenvalue weighted by molar-refractivity contribution is -0.118. The molecule has 1 unspecified atom stereocenters. The molecule has 1 aliphatic rings. The fourth-order valence-electron chi connectivity index (χ4n) is 2.01. The Bertz CT molecular complexity index is 633. The first-order chi connectivity index (χ1) is 9.77. The molecule has 0 aliphatic carbocycles. The molecule has 5 nitrogen and oxygen atoms in total. The first kappa shape index (κ1) is 16.8. The van der Waals surface area contributed by atoms with Crippen LogP contribution in [0.5, 0.6) is 0 Å². The number of rotatable bonds is 4. The Morgan fingerprint density at radius 2 is 1.95 bits per heavy atom. The summed E-state index contributed by atoms with van der Waals surface area (Å²) < 4.78 is 27.9. The zero-order valence-corrected chi connectivity index (χ0v) is 13.8. The molecule has 1 fully saturated rings. The van der Waals surface area contributed by atoms with Gasteiger partial charge in [0, 0.05) is 17.3 Å². The summed E-state index contributed by atoms with van der Waals surface area (Å²) in [6.45, 7) is 0.655. The minimum absolute atomic E-state index is 0.00224. The van der Waals surface area contributed by atoms with E-state index in [0.717, 1.165) is 25.0 Å². The highest BCUT2D eigenvalue weighted by Crippen LogP contribution is 2.34. The van der Waals surface area contributed by atoms with Crippen LogP contribution in [0.15, 0.2) is 17.0 Å². The van der Waals surface area contributed by atoms with Crippen molar-refractivity contribution >= 4 is 54.5 Å². The van der Waals surface area contributed by atoms with E-state index in [2.05, 4.69) is 5.32 Å². The number of ether oxygens (including phenoxy) is 1. The van der Waals surface area contributed by atoms with Crippen LogP contribution < -0.4 is 5.32 Å². The SMILES string of the molecule is O=C(CC1CCCO1)Nc1c(Cl)cc(S(=O)(=O)Cl)cc1Cl. The van der Waals surface area contributed by atoms with Gasteiger partial charge in [0.25, 0.3) is 9.05 Å². The Labute approximate surface area is 136 Å². The molecule has 1 amide bonds. The summed E-state index contributed by atoms with van der Waals surface area (Å²) in [5, 5.41) is 2.57. The van der Waals surface area contributed by atoms with Crippen molar-refractivity contribution in [1.29, 1.82) is 0 Å². The van der Waals surface area contributed by atoms with Crippen molar-refractivity contribution in [3.8, 4) is 0 Å². The molecule has 2 rings (SSSR count). The smallest absolute Gasteiger partial charge is 0.261 e. The molecule has 0 spiro atoms. The molecule has 1 heterocycles. The van der Waals surface area contributed by atoms with Crippen molar-refractivity contribution in [1.82, 2.24) is 0 Å². The summed E-state index contributed by atoms with van der Waals surface area (Å²) in [5.41, 5.74) is 0.158. The number of benzene rings is 1. The molecule has 1 saturated heterocycles. The van der Waals surface area contributed by atoms with Crippen molar-refractivity contribution in [3.63, 3.8) is 0 Å². The number of anilines is 1. The van der Waals surface area contributed by atoms with E-state index in [9.17, 15) is 13.2 Å². The predicted octanol–water partition coefficient (Wildman–Crippen LogP) is 3.43. The Balaban J connectivity index is 2.14. The third-order valence-electron chi connectivity index (χ3n) is 3.00. The van der Waals surface area contributed by atoms with Gasteiger partial charge in [-0.1, -0.05) is 23.2 Å². The van der Waals surface area contributed by atoms with Gasteiger partial charge in [-0.25, -0.2) is 8.42 Å². The summed E-state index contributed by atoms with van der Waals surface area (Å²) in [5.74, 6) is -0.299. The van der Waals surface area contributed by atoms with E-state index in [4.69, 9.17) is 38.6 Å². The number of carbonyl (C=O) groups excluding carboxylic acids is 1. The summed E-state index contributed by atoms with van der Waals surface area (Å²) in [7, 11) is 1.28. The number of halogens is 3. The molecule has 1 aliphatic heterocycles. The average Bonchev–Trinajstić information content (AvgIpc) is 2.85. The van der Waals surface area contributed by atoms with Gasteiger partial charge in [-0.15, -0.1) is 0 Å². The minimum atomic E-state index is -3.94. The highest BCUT2D eigenvalue weighted by Gasteiger charge is 2.21. The van der Waals surface area contributed by atoms with Crippen molar-refractivity contribution in [2.75, 3.05) is 11.9 Å². The first-order valence-corrected chi connectivity index (χ1v) is 9.19. The molecule has 116 valence electrons. The van der Waals surface area contributed by atoms with Crippen LogP contribution in [-0.4, -0.2) is 27.0 Å². The predicted molar refractivity (Wildman–Crippen MR) is 81.7 cm³/mol. The topological polar surface area (TPSA) is 72.5 Å².